The standard InChI is InChI=1S/C38H45NO9/c1-7-9-14-46-23-17-25(44-5)31-26-21(18-37(31)19(3)12-11-13-20(37)4)27-30(32(40)28(23)26)35(42)38(43)22(33(27)45-6)16-24-29(34(38)41)36(39-48-24)47-15-10-8-2/h12,17,20,22,33,40,43H,7-11,13-16,18H2,1-6H3/t20?,22-,33-,37+,38-/m0/s1. The summed E-state index contributed by atoms with van der Waals surface area (Å²) in [4.78, 5) is 29.2. The molecule has 0 fully saturated rings. The first-order valence-corrected chi connectivity index (χ1v) is 17.3. The van der Waals surface area contributed by atoms with Crippen LogP contribution < -0.4 is 14.2 Å². The third kappa shape index (κ3) is 4.20. The Bertz CT molecular complexity index is 1860. The number of nitrogens with zero attached hydrogens (tertiary/aromatic N) is 1. The Morgan fingerprint density at radius 2 is 1.73 bits per heavy atom. The molecule has 4 aliphatic carbocycles. The van der Waals surface area contributed by atoms with Crippen LogP contribution in [0.25, 0.3) is 10.8 Å². The second kappa shape index (κ2) is 11.9. The molecule has 7 rings (SSSR count). The Labute approximate surface area is 280 Å². The summed E-state index contributed by atoms with van der Waals surface area (Å²) in [5.74, 6) is -1.62. The molecule has 10 nitrogen and oxygen atoms in total. The molecule has 4 aliphatic rings. The van der Waals surface area contributed by atoms with Crippen LogP contribution in [0.4, 0.5) is 0 Å². The summed E-state index contributed by atoms with van der Waals surface area (Å²) >= 11 is 0. The lowest BCUT2D eigenvalue weighted by molar-refractivity contribution is -0.0607. The third-order valence-electron chi connectivity index (χ3n) is 11.6. The Balaban J connectivity index is 1.51. The number of rotatable bonds is 10. The highest BCUT2D eigenvalue weighted by atomic mass is 16.5. The van der Waals surface area contributed by atoms with E-state index < -0.39 is 34.6 Å². The summed E-state index contributed by atoms with van der Waals surface area (Å²) in [6.07, 6.45) is 7.11. The minimum absolute atomic E-state index is 0.0143. The van der Waals surface area contributed by atoms with Gasteiger partial charge in [-0.15, -0.1) is 0 Å². The van der Waals surface area contributed by atoms with Gasteiger partial charge >= 0.3 is 0 Å². The maximum Gasteiger partial charge on any atom is 0.265 e. The number of unbranched alkanes of at least 4 members (excludes halogenated alkanes) is 2. The normalized spacial score (nSPS) is 27.1. The number of ketones is 2. The number of carbonyl (C=O) groups is 2. The van der Waals surface area contributed by atoms with Gasteiger partial charge in [-0.3, -0.25) is 9.59 Å². The molecule has 2 aromatic carbocycles. The van der Waals surface area contributed by atoms with Crippen molar-refractivity contribution >= 4 is 22.3 Å². The van der Waals surface area contributed by atoms with Crippen LogP contribution in [0.15, 0.2) is 22.2 Å². The van der Waals surface area contributed by atoms with Crippen molar-refractivity contribution in [3.63, 3.8) is 0 Å². The number of hydrogen-bond donors (Lipinski definition) is 2. The van der Waals surface area contributed by atoms with Crippen LogP contribution in [-0.2, 0) is 23.0 Å². The number of Topliss-reactive ketones (excluding diaryl/α,β-unsaturated/α-hetero) is 2. The summed E-state index contributed by atoms with van der Waals surface area (Å²) in [7, 11) is 3.15. The number of phenolic OH excluding ortho intramolecular Hbond substituents is 1. The molecule has 1 unspecified atom stereocenters. The fraction of sp³-hybridized carbons (Fsp3) is 0.553. The van der Waals surface area contributed by atoms with Gasteiger partial charge in [-0.25, -0.2) is 0 Å². The van der Waals surface area contributed by atoms with Crippen molar-refractivity contribution in [2.24, 2.45) is 11.8 Å². The lowest BCUT2D eigenvalue weighted by Gasteiger charge is -2.45. The van der Waals surface area contributed by atoms with Gasteiger partial charge in [0.15, 0.2) is 11.4 Å². The first-order chi connectivity index (χ1) is 23.1. The van der Waals surface area contributed by atoms with E-state index >= 15 is 0 Å². The fourth-order valence-electron chi connectivity index (χ4n) is 9.03. The zero-order valence-corrected chi connectivity index (χ0v) is 28.7. The number of ether oxygens (including phenoxy) is 4. The zero-order chi connectivity index (χ0) is 34.1. The molecule has 10 heteroatoms. The van der Waals surface area contributed by atoms with Crippen LogP contribution >= 0.6 is 0 Å². The third-order valence-corrected chi connectivity index (χ3v) is 11.6. The number of aromatic nitrogens is 1. The van der Waals surface area contributed by atoms with E-state index in [4.69, 9.17) is 23.5 Å². The highest BCUT2D eigenvalue weighted by molar-refractivity contribution is 6.27. The van der Waals surface area contributed by atoms with E-state index in [2.05, 4.69) is 32.0 Å². The van der Waals surface area contributed by atoms with E-state index in [1.165, 1.54) is 12.7 Å². The molecule has 0 aliphatic heterocycles. The highest BCUT2D eigenvalue weighted by Crippen LogP contribution is 2.64. The van der Waals surface area contributed by atoms with Gasteiger partial charge in [-0.1, -0.05) is 45.3 Å². The van der Waals surface area contributed by atoms with Crippen LogP contribution in [0.5, 0.6) is 23.1 Å². The van der Waals surface area contributed by atoms with Gasteiger partial charge in [0.2, 0.25) is 11.6 Å². The van der Waals surface area contributed by atoms with E-state index in [1.807, 2.05) is 13.0 Å². The number of methoxy groups -OCH3 is 2. The number of phenols is 1. The molecular formula is C38H45NO9. The fourth-order valence-corrected chi connectivity index (χ4v) is 9.03. The summed E-state index contributed by atoms with van der Waals surface area (Å²) in [5, 5.41) is 29.9. The summed E-state index contributed by atoms with van der Waals surface area (Å²) < 4.78 is 30.0. The molecule has 0 saturated heterocycles. The predicted molar refractivity (Wildman–Crippen MR) is 178 cm³/mol. The lowest BCUT2D eigenvalue weighted by Crippen LogP contribution is -2.60. The molecule has 5 atom stereocenters. The van der Waals surface area contributed by atoms with Gasteiger partial charge in [0.25, 0.3) is 5.88 Å². The average Bonchev–Trinajstić information content (AvgIpc) is 3.65. The molecule has 3 aromatic rings. The Kier molecular flexibility index (Phi) is 8.10. The van der Waals surface area contributed by atoms with E-state index in [0.29, 0.717) is 42.1 Å². The van der Waals surface area contributed by atoms with Gasteiger partial charge in [-0.2, -0.15) is 0 Å². The van der Waals surface area contributed by atoms with Crippen LogP contribution in [0.1, 0.15) is 115 Å². The molecule has 0 radical (unpaired) electrons. The second-order valence-electron chi connectivity index (χ2n) is 13.9. The van der Waals surface area contributed by atoms with Crippen LogP contribution in [-0.4, -0.2) is 60.0 Å². The number of aromatic hydroxyl groups is 1. The quantitative estimate of drug-likeness (QED) is 0.137. The largest absolute Gasteiger partial charge is 0.506 e. The van der Waals surface area contributed by atoms with Crippen LogP contribution in [0.2, 0.25) is 0 Å². The second-order valence-corrected chi connectivity index (χ2v) is 13.9. The molecule has 0 bridgehead atoms. The minimum atomic E-state index is -2.55. The molecule has 0 saturated carbocycles. The van der Waals surface area contributed by atoms with Gasteiger partial charge in [-0.05, 0) is 61.2 Å². The average molecular weight is 660 g/mol. The van der Waals surface area contributed by atoms with E-state index in [-0.39, 0.29) is 40.9 Å². The zero-order valence-electron chi connectivity index (χ0n) is 28.7. The minimum Gasteiger partial charge on any atom is -0.506 e. The Morgan fingerprint density at radius 1 is 1.02 bits per heavy atom. The predicted octanol–water partition coefficient (Wildman–Crippen LogP) is 6.74. The Morgan fingerprint density at radius 3 is 2.40 bits per heavy atom. The van der Waals surface area contributed by atoms with Crippen molar-refractivity contribution in [2.75, 3.05) is 27.4 Å². The molecule has 256 valence electrons. The number of carbonyl (C=O) groups excluding carboxylic acids is 2. The van der Waals surface area contributed by atoms with Gasteiger partial charge < -0.3 is 33.7 Å². The van der Waals surface area contributed by atoms with Crippen molar-refractivity contribution in [3.05, 3.63) is 51.3 Å². The molecular weight excluding hydrogens is 614 g/mol. The maximum atomic E-state index is 14.8. The number of aliphatic hydroxyl groups is 1. The van der Waals surface area contributed by atoms with Crippen molar-refractivity contribution in [1.29, 1.82) is 0 Å². The molecule has 1 aromatic heterocycles. The smallest absolute Gasteiger partial charge is 0.265 e. The molecule has 0 amide bonds. The monoisotopic (exact) mass is 659 g/mol. The SMILES string of the molecule is CCCCOc1noc2c1C(=O)[C@]1(O)C(=O)c3c(c4c5c(c(OC)cc(OCCCC)c5c3O)[C@]3(C4)C(C)=CCCC3C)[C@@H](OC)[C@@H]1C2. The van der Waals surface area contributed by atoms with Gasteiger partial charge in [0.05, 0.1) is 37.4 Å². The molecule has 1 heterocycles. The molecule has 48 heavy (non-hydrogen) atoms. The van der Waals surface area contributed by atoms with Crippen molar-refractivity contribution < 1.29 is 43.3 Å². The van der Waals surface area contributed by atoms with E-state index in [1.54, 1.807) is 7.11 Å². The summed E-state index contributed by atoms with van der Waals surface area (Å²) in [6.45, 7) is 9.17. The molecule has 1 spiro atoms. The first kappa shape index (κ1) is 32.6. The van der Waals surface area contributed by atoms with E-state index in [9.17, 15) is 19.8 Å². The molecule has 2 N–H and O–H groups in total. The number of benzene rings is 2. The summed E-state index contributed by atoms with van der Waals surface area (Å²) in [5.41, 5.74) is 0.350. The lowest BCUT2D eigenvalue weighted by atomic mass is 9.60. The van der Waals surface area contributed by atoms with E-state index in [0.717, 1.165) is 55.0 Å². The van der Waals surface area contributed by atoms with Crippen LogP contribution in [0, 0.1) is 11.8 Å². The van der Waals surface area contributed by atoms with Crippen LogP contribution in [0.3, 0.4) is 0 Å². The van der Waals surface area contributed by atoms with Gasteiger partial charge in [0.1, 0.15) is 22.8 Å². The van der Waals surface area contributed by atoms with Crippen molar-refractivity contribution in [1.82, 2.24) is 5.16 Å². The first-order valence-electron chi connectivity index (χ1n) is 17.3. The number of fused-ring (bicyclic) bond motifs is 5. The van der Waals surface area contributed by atoms with Crippen molar-refractivity contribution in [3.8, 4) is 23.1 Å². The number of hydrogen-bond acceptors (Lipinski definition) is 10. The van der Waals surface area contributed by atoms with Crippen molar-refractivity contribution in [2.45, 2.75) is 96.2 Å². The Hall–Kier alpha value is -3.89. The topological polar surface area (TPSA) is 138 Å². The maximum absolute atomic E-state index is 14.8. The summed E-state index contributed by atoms with van der Waals surface area (Å²) in [6, 6.07) is 1.82. The highest BCUT2D eigenvalue weighted by Gasteiger charge is 2.64. The number of allylic oxidation sites excluding steroid dienone is 2. The van der Waals surface area contributed by atoms with Gasteiger partial charge in [0, 0.05) is 41.9 Å².